The lowest BCUT2D eigenvalue weighted by atomic mass is 9.94. The Labute approximate surface area is 116 Å². The third-order valence-electron chi connectivity index (χ3n) is 4.31. The van der Waals surface area contributed by atoms with Gasteiger partial charge < -0.3 is 10.2 Å². The van der Waals surface area contributed by atoms with Crippen molar-refractivity contribution in [2.45, 2.75) is 32.1 Å². The molecule has 1 fully saturated rings. The molecule has 0 radical (unpaired) electrons. The van der Waals surface area contributed by atoms with E-state index in [1.165, 1.54) is 56.6 Å². The molecule has 1 heterocycles. The van der Waals surface area contributed by atoms with Crippen LogP contribution in [0.5, 0.6) is 0 Å². The van der Waals surface area contributed by atoms with Gasteiger partial charge in [0.2, 0.25) is 0 Å². The maximum absolute atomic E-state index is 3.58. The molecule has 19 heavy (non-hydrogen) atoms. The van der Waals surface area contributed by atoms with E-state index in [4.69, 9.17) is 0 Å². The average molecular weight is 256 g/mol. The van der Waals surface area contributed by atoms with Crippen molar-refractivity contribution in [3.05, 3.63) is 36.4 Å². The van der Waals surface area contributed by atoms with Crippen molar-refractivity contribution in [2.75, 3.05) is 29.9 Å². The third kappa shape index (κ3) is 3.31. The summed E-state index contributed by atoms with van der Waals surface area (Å²) in [6, 6.07) is 8.97. The fraction of sp³-hybridized carbons (Fsp3) is 0.529. The molecule has 1 unspecified atom stereocenters. The number of hydrogen-bond acceptors (Lipinski definition) is 2. The highest BCUT2D eigenvalue weighted by Gasteiger charge is 2.12. The second-order valence-corrected chi connectivity index (χ2v) is 5.77. The molecular formula is C17H24N2. The lowest BCUT2D eigenvalue weighted by Gasteiger charge is -2.20. The Hall–Kier alpha value is -1.44. The van der Waals surface area contributed by atoms with Crippen LogP contribution in [0.3, 0.4) is 0 Å². The molecule has 2 aliphatic rings. The van der Waals surface area contributed by atoms with E-state index in [2.05, 4.69) is 46.6 Å². The Morgan fingerprint density at radius 3 is 2.53 bits per heavy atom. The van der Waals surface area contributed by atoms with Gasteiger partial charge >= 0.3 is 0 Å². The van der Waals surface area contributed by atoms with Gasteiger partial charge in [-0.1, -0.05) is 12.2 Å². The highest BCUT2D eigenvalue weighted by atomic mass is 15.1. The van der Waals surface area contributed by atoms with Gasteiger partial charge in [0.05, 0.1) is 0 Å². The molecule has 1 aliphatic heterocycles. The molecule has 1 saturated heterocycles. The van der Waals surface area contributed by atoms with Gasteiger partial charge in [-0.3, -0.25) is 0 Å². The second kappa shape index (κ2) is 6.14. The Bertz CT molecular complexity index is 415. The zero-order valence-corrected chi connectivity index (χ0v) is 11.6. The smallest absolute Gasteiger partial charge is 0.0367 e. The number of hydrogen-bond donors (Lipinski definition) is 1. The van der Waals surface area contributed by atoms with Crippen LogP contribution in [0.15, 0.2) is 36.4 Å². The lowest BCUT2D eigenvalue weighted by Crippen LogP contribution is -2.18. The molecule has 102 valence electrons. The first kappa shape index (κ1) is 12.6. The Balaban J connectivity index is 1.52. The van der Waals surface area contributed by atoms with E-state index in [9.17, 15) is 0 Å². The highest BCUT2D eigenvalue weighted by molar-refractivity contribution is 5.55. The highest BCUT2D eigenvalue weighted by Crippen LogP contribution is 2.23. The molecule has 0 bridgehead atoms. The van der Waals surface area contributed by atoms with Crippen LogP contribution in [-0.4, -0.2) is 19.6 Å². The first-order valence-corrected chi connectivity index (χ1v) is 7.66. The van der Waals surface area contributed by atoms with Gasteiger partial charge in [-0.15, -0.1) is 0 Å². The molecule has 0 amide bonds. The molecule has 1 aromatic carbocycles. The van der Waals surface area contributed by atoms with Gasteiger partial charge in [0.25, 0.3) is 0 Å². The van der Waals surface area contributed by atoms with Gasteiger partial charge in [-0.25, -0.2) is 0 Å². The summed E-state index contributed by atoms with van der Waals surface area (Å²) < 4.78 is 0. The van der Waals surface area contributed by atoms with E-state index in [0.717, 1.165) is 12.5 Å². The van der Waals surface area contributed by atoms with Crippen molar-refractivity contribution in [1.29, 1.82) is 0 Å². The lowest BCUT2D eigenvalue weighted by molar-refractivity contribution is 0.504. The van der Waals surface area contributed by atoms with Crippen LogP contribution in [0.25, 0.3) is 0 Å². The molecule has 0 saturated carbocycles. The predicted molar refractivity (Wildman–Crippen MR) is 82.9 cm³/mol. The topological polar surface area (TPSA) is 15.3 Å². The zero-order chi connectivity index (χ0) is 12.9. The number of allylic oxidation sites excluding steroid dienone is 2. The summed E-state index contributed by atoms with van der Waals surface area (Å²) in [6.45, 7) is 3.55. The van der Waals surface area contributed by atoms with Crippen LogP contribution in [-0.2, 0) is 0 Å². The number of nitrogens with zero attached hydrogens (tertiary/aromatic N) is 1. The number of benzene rings is 1. The minimum Gasteiger partial charge on any atom is -0.385 e. The van der Waals surface area contributed by atoms with E-state index < -0.39 is 0 Å². The average Bonchev–Trinajstić information content (AvgIpc) is 3.01. The first-order chi connectivity index (χ1) is 9.42. The molecule has 1 atom stereocenters. The van der Waals surface area contributed by atoms with Crippen molar-refractivity contribution in [3.8, 4) is 0 Å². The summed E-state index contributed by atoms with van der Waals surface area (Å²) in [5.74, 6) is 0.809. The molecule has 2 heteroatoms. The van der Waals surface area contributed by atoms with Gasteiger partial charge in [0.1, 0.15) is 0 Å². The van der Waals surface area contributed by atoms with Crippen molar-refractivity contribution in [3.63, 3.8) is 0 Å². The van der Waals surface area contributed by atoms with E-state index in [1.807, 2.05) is 0 Å². The van der Waals surface area contributed by atoms with Crippen molar-refractivity contribution in [2.24, 2.45) is 5.92 Å². The molecule has 3 rings (SSSR count). The number of rotatable bonds is 4. The number of nitrogens with one attached hydrogen (secondary N) is 1. The SMILES string of the molecule is C1=CCC(CNc2ccc(N3CCCC3)cc2)CC1. The summed E-state index contributed by atoms with van der Waals surface area (Å²) in [5, 5.41) is 3.58. The summed E-state index contributed by atoms with van der Waals surface area (Å²) in [7, 11) is 0. The van der Waals surface area contributed by atoms with E-state index in [-0.39, 0.29) is 0 Å². The van der Waals surface area contributed by atoms with Crippen LogP contribution in [0.4, 0.5) is 11.4 Å². The maximum atomic E-state index is 3.58. The molecule has 1 aromatic rings. The number of anilines is 2. The fourth-order valence-corrected chi connectivity index (χ4v) is 3.07. The fourth-order valence-electron chi connectivity index (χ4n) is 3.07. The Morgan fingerprint density at radius 2 is 1.84 bits per heavy atom. The van der Waals surface area contributed by atoms with E-state index in [0.29, 0.717) is 0 Å². The van der Waals surface area contributed by atoms with E-state index in [1.54, 1.807) is 0 Å². The standard InChI is InChI=1S/C17H24N2/c1-2-6-15(7-3-1)14-18-16-8-10-17(11-9-16)19-12-4-5-13-19/h1-2,8-11,15,18H,3-7,12-14H2. The quantitative estimate of drug-likeness (QED) is 0.817. The van der Waals surface area contributed by atoms with Gasteiger partial charge in [0.15, 0.2) is 0 Å². The Kier molecular flexibility index (Phi) is 4.07. The second-order valence-electron chi connectivity index (χ2n) is 5.77. The van der Waals surface area contributed by atoms with Gasteiger partial charge in [-0.2, -0.15) is 0 Å². The monoisotopic (exact) mass is 256 g/mol. The van der Waals surface area contributed by atoms with Crippen LogP contribution in [0, 0.1) is 5.92 Å². The van der Waals surface area contributed by atoms with Crippen molar-refractivity contribution < 1.29 is 0 Å². The third-order valence-corrected chi connectivity index (χ3v) is 4.31. The largest absolute Gasteiger partial charge is 0.385 e. The summed E-state index contributed by atoms with van der Waals surface area (Å²) in [4.78, 5) is 2.48. The molecular weight excluding hydrogens is 232 g/mol. The first-order valence-electron chi connectivity index (χ1n) is 7.66. The van der Waals surface area contributed by atoms with Crippen LogP contribution in [0.2, 0.25) is 0 Å². The van der Waals surface area contributed by atoms with Crippen molar-refractivity contribution >= 4 is 11.4 Å². The van der Waals surface area contributed by atoms with Crippen LogP contribution < -0.4 is 10.2 Å². The molecule has 1 aliphatic carbocycles. The van der Waals surface area contributed by atoms with Crippen molar-refractivity contribution in [1.82, 2.24) is 0 Å². The van der Waals surface area contributed by atoms with Crippen LogP contribution >= 0.6 is 0 Å². The van der Waals surface area contributed by atoms with Crippen LogP contribution in [0.1, 0.15) is 32.1 Å². The minimum atomic E-state index is 0.809. The molecule has 0 spiro atoms. The zero-order valence-electron chi connectivity index (χ0n) is 11.6. The maximum Gasteiger partial charge on any atom is 0.0367 e. The molecule has 0 aromatic heterocycles. The van der Waals surface area contributed by atoms with E-state index >= 15 is 0 Å². The molecule has 1 N–H and O–H groups in total. The van der Waals surface area contributed by atoms with Gasteiger partial charge in [0, 0.05) is 31.0 Å². The normalized spacial score (nSPS) is 22.7. The summed E-state index contributed by atoms with van der Waals surface area (Å²) >= 11 is 0. The summed E-state index contributed by atoms with van der Waals surface area (Å²) in [5.41, 5.74) is 2.64. The predicted octanol–water partition coefficient (Wildman–Crippen LogP) is 4.06. The molecule has 2 nitrogen and oxygen atoms in total. The minimum absolute atomic E-state index is 0.809. The Morgan fingerprint density at radius 1 is 1.05 bits per heavy atom. The van der Waals surface area contributed by atoms with Gasteiger partial charge in [-0.05, 0) is 62.3 Å². The summed E-state index contributed by atoms with van der Waals surface area (Å²) in [6.07, 6.45) is 11.1.